The van der Waals surface area contributed by atoms with Crippen molar-refractivity contribution in [2.24, 2.45) is 0 Å². The monoisotopic (exact) mass is 864 g/mol. The maximum atomic E-state index is 11.1. The van der Waals surface area contributed by atoms with Crippen LogP contribution in [-0.4, -0.2) is 40.8 Å². The van der Waals surface area contributed by atoms with Gasteiger partial charge in [-0.1, -0.05) is 121 Å². The molecule has 0 aliphatic heterocycles. The van der Waals surface area contributed by atoms with E-state index < -0.39 is 44.0 Å². The summed E-state index contributed by atoms with van der Waals surface area (Å²) in [6.07, 6.45) is 6.16. The lowest BCUT2D eigenvalue weighted by atomic mass is 10.1. The number of rotatable bonds is 12. The Labute approximate surface area is 364 Å². The van der Waals surface area contributed by atoms with E-state index in [-0.39, 0.29) is 0 Å². The quantitative estimate of drug-likeness (QED) is 0.0843. The maximum absolute atomic E-state index is 11.1. The molecule has 8 rings (SSSR count). The highest BCUT2D eigenvalue weighted by Gasteiger charge is 2.02. The lowest BCUT2D eigenvalue weighted by Gasteiger charge is -2.01. The van der Waals surface area contributed by atoms with Crippen molar-refractivity contribution in [3.05, 3.63) is 273 Å². The molecule has 0 radical (unpaired) electrons. The van der Waals surface area contributed by atoms with Crippen molar-refractivity contribution in [2.45, 2.75) is 51.4 Å². The molecule has 0 spiro atoms. The fraction of sp³-hybridized carbons (Fsp3) is 0.167. The summed E-state index contributed by atoms with van der Waals surface area (Å²) in [6.45, 7) is 0. The first kappa shape index (κ1) is 46.7. The molecule has 0 fully saturated rings. The van der Waals surface area contributed by atoms with E-state index in [0.29, 0.717) is 25.7 Å². The Morgan fingerprint density at radius 1 is 0.234 bits per heavy atom. The van der Waals surface area contributed by atoms with Gasteiger partial charge in [-0.05, 0) is 73.6 Å². The third kappa shape index (κ3) is 16.2. The zero-order valence-electron chi connectivity index (χ0n) is 34.8. The maximum Gasteiger partial charge on any atom is 0.310 e. The Hall–Kier alpha value is -8.40. The van der Waals surface area contributed by atoms with Crippen molar-refractivity contribution >= 4 is 0 Å². The van der Waals surface area contributed by atoms with E-state index in [1.807, 2.05) is 121 Å². The van der Waals surface area contributed by atoms with Gasteiger partial charge in [-0.3, -0.25) is 58.8 Å². The number of aryl methyl sites for hydroxylation is 8. The largest absolute Gasteiger partial charge is 0.310 e. The van der Waals surface area contributed by atoms with Crippen LogP contribution in [0.4, 0.5) is 0 Å². The van der Waals surface area contributed by atoms with Crippen molar-refractivity contribution in [1.29, 1.82) is 0 Å². The van der Waals surface area contributed by atoms with Gasteiger partial charge in [-0.15, -0.1) is 0 Å². The summed E-state index contributed by atoms with van der Waals surface area (Å²) in [4.78, 5) is 87.7. The molecule has 4 heterocycles. The second-order valence-corrected chi connectivity index (χ2v) is 14.4. The van der Waals surface area contributed by atoms with Crippen LogP contribution in [0.5, 0.6) is 0 Å². The Morgan fingerprint density at radius 2 is 0.422 bits per heavy atom. The van der Waals surface area contributed by atoms with Gasteiger partial charge in [0.25, 0.3) is 0 Å². The molecule has 0 unspecified atom stereocenters. The summed E-state index contributed by atoms with van der Waals surface area (Å²) in [5.41, 5.74) is 3.36. The molecule has 4 aromatic carbocycles. The second kappa shape index (κ2) is 24.8. The molecule has 0 aliphatic rings. The molecular weight excluding hydrogens is 817 g/mol. The molecule has 16 heteroatoms. The van der Waals surface area contributed by atoms with E-state index in [2.05, 4.69) is 40.8 Å². The van der Waals surface area contributed by atoms with Crippen molar-refractivity contribution < 1.29 is 0 Å². The Bertz CT molecular complexity index is 2710. The van der Waals surface area contributed by atoms with Gasteiger partial charge < -0.3 is 20.4 Å². The first-order valence-corrected chi connectivity index (χ1v) is 20.4. The van der Waals surface area contributed by atoms with Crippen molar-refractivity contribution in [3.8, 4) is 0 Å². The average Bonchev–Trinajstić information content (AvgIpc) is 3.32. The van der Waals surface area contributed by atoms with Gasteiger partial charge >= 0.3 is 22.2 Å². The van der Waals surface area contributed by atoms with Gasteiger partial charge in [0.2, 0.25) is 21.7 Å². The molecule has 16 nitrogen and oxygen atoms in total. The number of H-pyrrole nitrogens is 8. The third-order valence-corrected chi connectivity index (χ3v) is 9.57. The highest BCUT2D eigenvalue weighted by molar-refractivity contribution is 5.19. The van der Waals surface area contributed by atoms with Gasteiger partial charge in [0, 0.05) is 47.0 Å². The molecule has 8 N–H and O–H groups in total. The van der Waals surface area contributed by atoms with Gasteiger partial charge in [0.15, 0.2) is 0 Å². The number of hydrogen-bond acceptors (Lipinski definition) is 8. The summed E-state index contributed by atoms with van der Waals surface area (Å²) in [6, 6.07) is 45.3. The van der Waals surface area contributed by atoms with Gasteiger partial charge in [-0.2, -0.15) is 0 Å². The fourth-order valence-corrected chi connectivity index (χ4v) is 6.07. The molecule has 0 saturated carbocycles. The van der Waals surface area contributed by atoms with Gasteiger partial charge in [-0.25, -0.2) is 0 Å². The van der Waals surface area contributed by atoms with Crippen molar-refractivity contribution in [3.63, 3.8) is 0 Å². The van der Waals surface area contributed by atoms with E-state index in [0.717, 1.165) is 48.5 Å². The van der Waals surface area contributed by atoms with Crippen molar-refractivity contribution in [2.75, 3.05) is 0 Å². The summed E-state index contributed by atoms with van der Waals surface area (Å²) in [5.74, 6) is 0. The molecule has 328 valence electrons. The van der Waals surface area contributed by atoms with Crippen LogP contribution in [0.2, 0.25) is 0 Å². The molecule has 4 aromatic heterocycles. The Morgan fingerprint density at radius 3 is 0.594 bits per heavy atom. The Balaban J connectivity index is 0.000000161. The molecule has 0 amide bonds. The van der Waals surface area contributed by atoms with E-state index in [1.54, 1.807) is 0 Å². The zero-order valence-corrected chi connectivity index (χ0v) is 34.8. The predicted molar refractivity (Wildman–Crippen MR) is 246 cm³/mol. The van der Waals surface area contributed by atoms with E-state index in [9.17, 15) is 38.4 Å². The SMILES string of the molecule is O=c1cc(CCc2ccccc2)[nH][nH]c1=O.O=c1cc(CCc2ccccc2)[nH][nH]c1=O.O=c1cc(CCc2ccccc2)[nH][nH]c1=O.O=c1cc(CCc2ccccc2)[nH][nH]c1=O. The predicted octanol–water partition coefficient (Wildman–Crippen LogP) is 3.39. The average molecular weight is 865 g/mol. The fourth-order valence-electron chi connectivity index (χ4n) is 6.07. The van der Waals surface area contributed by atoms with E-state index in [1.165, 1.54) is 46.5 Å². The number of hydrogen-bond donors (Lipinski definition) is 8. The molecule has 0 bridgehead atoms. The number of aromatic amines is 8. The molecule has 64 heavy (non-hydrogen) atoms. The van der Waals surface area contributed by atoms with Gasteiger partial charge in [0.05, 0.1) is 0 Å². The number of benzene rings is 4. The summed E-state index contributed by atoms with van der Waals surface area (Å²) < 4.78 is 0. The van der Waals surface area contributed by atoms with Crippen LogP contribution in [-0.2, 0) is 51.4 Å². The minimum atomic E-state index is -0.608. The second-order valence-electron chi connectivity index (χ2n) is 14.4. The van der Waals surface area contributed by atoms with Crippen LogP contribution in [0.1, 0.15) is 45.0 Å². The van der Waals surface area contributed by atoms with Crippen molar-refractivity contribution in [1.82, 2.24) is 40.8 Å². The summed E-state index contributed by atoms with van der Waals surface area (Å²) >= 11 is 0. The first-order valence-electron chi connectivity index (χ1n) is 20.4. The zero-order chi connectivity index (χ0) is 45.5. The first-order chi connectivity index (χ1) is 31.0. The van der Waals surface area contributed by atoms with E-state index >= 15 is 0 Å². The van der Waals surface area contributed by atoms with E-state index in [4.69, 9.17) is 0 Å². The molecule has 0 aliphatic carbocycles. The highest BCUT2D eigenvalue weighted by Crippen LogP contribution is 2.06. The normalized spacial score (nSPS) is 10.2. The minimum Gasteiger partial charge on any atom is -0.302 e. The van der Waals surface area contributed by atoms with Crippen LogP contribution in [0.3, 0.4) is 0 Å². The lowest BCUT2D eigenvalue weighted by molar-refractivity contribution is 0.838. The van der Waals surface area contributed by atoms with Gasteiger partial charge in [0.1, 0.15) is 0 Å². The lowest BCUT2D eigenvalue weighted by Crippen LogP contribution is -2.27. The highest BCUT2D eigenvalue weighted by atomic mass is 16.2. The van der Waals surface area contributed by atoms with Crippen LogP contribution < -0.4 is 44.0 Å². The molecule has 0 atom stereocenters. The number of nitrogens with one attached hydrogen (secondary N) is 8. The minimum absolute atomic E-state index is 0.498. The number of aromatic nitrogens is 8. The molecule has 8 aromatic rings. The summed E-state index contributed by atoms with van der Waals surface area (Å²) in [7, 11) is 0. The summed E-state index contributed by atoms with van der Waals surface area (Å²) in [5, 5.41) is 20.1. The molecular formula is C48H48N8O8. The topological polar surface area (TPSA) is 263 Å². The Kier molecular flexibility index (Phi) is 18.1. The van der Waals surface area contributed by atoms with Crippen LogP contribution in [0.15, 0.2) is 184 Å². The standard InChI is InChI=1S/4C12H12N2O2/c4*15-11-8-10(13-14-12(11)16)7-6-9-4-2-1-3-5-9/h4*1-5,8H,6-7H2,(H,13,15)(H,14,16). The van der Waals surface area contributed by atoms with Crippen LogP contribution in [0.25, 0.3) is 0 Å². The third-order valence-electron chi connectivity index (χ3n) is 9.57. The molecule has 0 saturated heterocycles. The van der Waals surface area contributed by atoms with Crippen LogP contribution >= 0.6 is 0 Å². The smallest absolute Gasteiger partial charge is 0.302 e. The van der Waals surface area contributed by atoms with Crippen LogP contribution in [0, 0.1) is 0 Å².